The number of amides is 1. The molecule has 0 aromatic carbocycles. The average molecular weight is 367 g/mol. The fourth-order valence-electron chi connectivity index (χ4n) is 1.28. The number of hydrogen-bond acceptors (Lipinski definition) is 4. The number of rotatable bonds is 4. The second-order valence-electron chi connectivity index (χ2n) is 3.86. The molecule has 0 bridgehead atoms. The van der Waals surface area contributed by atoms with Gasteiger partial charge in [-0.1, -0.05) is 13.8 Å². The third kappa shape index (κ3) is 3.95. The predicted octanol–water partition coefficient (Wildman–Crippen LogP) is 2.28. The van der Waals surface area contributed by atoms with Crippen LogP contribution in [0.2, 0.25) is 0 Å². The molecule has 0 fully saturated rings. The zero-order valence-electron chi connectivity index (χ0n) is 9.82. The van der Waals surface area contributed by atoms with E-state index in [1.807, 2.05) is 13.8 Å². The molecule has 0 spiro atoms. The molecule has 0 saturated heterocycles. The molecule has 0 aliphatic carbocycles. The van der Waals surface area contributed by atoms with Crippen LogP contribution >= 0.6 is 33.9 Å². The Morgan fingerprint density at radius 1 is 1.47 bits per heavy atom. The topological polar surface area (TPSA) is 55.4 Å². The summed E-state index contributed by atoms with van der Waals surface area (Å²) in [5.41, 5.74) is 0.578. The van der Waals surface area contributed by atoms with Crippen LogP contribution in [0.3, 0.4) is 0 Å². The maximum atomic E-state index is 11.9. The first-order chi connectivity index (χ1) is 7.95. The molecule has 1 aromatic rings. The first-order valence-electron chi connectivity index (χ1n) is 5.08. The van der Waals surface area contributed by atoms with Gasteiger partial charge in [0.1, 0.15) is 6.04 Å². The average Bonchev–Trinajstić information content (AvgIpc) is 2.71. The van der Waals surface area contributed by atoms with Gasteiger partial charge in [0.25, 0.3) is 5.91 Å². The van der Waals surface area contributed by atoms with Gasteiger partial charge in [0.2, 0.25) is 0 Å². The number of carbonyl (C=O) groups is 2. The monoisotopic (exact) mass is 367 g/mol. The molecule has 94 valence electrons. The molecule has 1 atom stereocenters. The zero-order chi connectivity index (χ0) is 13.0. The summed E-state index contributed by atoms with van der Waals surface area (Å²) in [6, 6.07) is 1.18. The number of esters is 1. The van der Waals surface area contributed by atoms with Gasteiger partial charge in [0.15, 0.2) is 0 Å². The van der Waals surface area contributed by atoms with Crippen molar-refractivity contribution in [2.24, 2.45) is 5.92 Å². The Morgan fingerprint density at radius 2 is 2.12 bits per heavy atom. The van der Waals surface area contributed by atoms with Crippen LogP contribution in [0.25, 0.3) is 0 Å². The lowest BCUT2D eigenvalue weighted by Gasteiger charge is -2.19. The predicted molar refractivity (Wildman–Crippen MR) is 75.1 cm³/mol. The Hall–Kier alpha value is -0.630. The lowest BCUT2D eigenvalue weighted by Crippen LogP contribution is -2.44. The highest BCUT2D eigenvalue weighted by atomic mass is 127. The third-order valence-electron chi connectivity index (χ3n) is 2.24. The van der Waals surface area contributed by atoms with Gasteiger partial charge in [-0.3, -0.25) is 4.79 Å². The highest BCUT2D eigenvalue weighted by Gasteiger charge is 2.25. The highest BCUT2D eigenvalue weighted by Crippen LogP contribution is 2.17. The molecular formula is C11H14INO3S. The Morgan fingerprint density at radius 3 is 2.53 bits per heavy atom. The molecule has 1 unspecified atom stereocenters. The first kappa shape index (κ1) is 14.4. The smallest absolute Gasteiger partial charge is 0.328 e. The van der Waals surface area contributed by atoms with Crippen LogP contribution in [0.5, 0.6) is 0 Å². The molecular weight excluding hydrogens is 353 g/mol. The van der Waals surface area contributed by atoms with Crippen LogP contribution in [0.15, 0.2) is 11.4 Å². The molecule has 4 nitrogen and oxygen atoms in total. The van der Waals surface area contributed by atoms with Crippen LogP contribution in [0.1, 0.15) is 24.2 Å². The fourth-order valence-corrected chi connectivity index (χ4v) is 2.60. The summed E-state index contributed by atoms with van der Waals surface area (Å²) in [6.45, 7) is 3.72. The third-order valence-corrected chi connectivity index (χ3v) is 4.03. The van der Waals surface area contributed by atoms with Crippen LogP contribution in [0.4, 0.5) is 0 Å². The highest BCUT2D eigenvalue weighted by molar-refractivity contribution is 14.1. The van der Waals surface area contributed by atoms with Crippen molar-refractivity contribution in [3.8, 4) is 0 Å². The van der Waals surface area contributed by atoms with E-state index in [0.29, 0.717) is 5.56 Å². The van der Waals surface area contributed by atoms with Gasteiger partial charge >= 0.3 is 5.97 Å². The number of nitrogens with one attached hydrogen (secondary N) is 1. The van der Waals surface area contributed by atoms with Crippen molar-refractivity contribution in [2.45, 2.75) is 19.9 Å². The number of hydrogen-bond donors (Lipinski definition) is 1. The van der Waals surface area contributed by atoms with Gasteiger partial charge in [0.05, 0.1) is 15.6 Å². The molecule has 0 aliphatic heterocycles. The lowest BCUT2D eigenvalue weighted by atomic mass is 10.0. The summed E-state index contributed by atoms with van der Waals surface area (Å²) in [4.78, 5) is 23.4. The second-order valence-corrected chi connectivity index (χ2v) is 6.66. The zero-order valence-corrected chi connectivity index (χ0v) is 12.8. The van der Waals surface area contributed by atoms with Crippen molar-refractivity contribution in [1.29, 1.82) is 0 Å². The number of carbonyl (C=O) groups excluding carboxylic acids is 2. The van der Waals surface area contributed by atoms with Crippen molar-refractivity contribution in [1.82, 2.24) is 5.32 Å². The second kappa shape index (κ2) is 6.34. The van der Waals surface area contributed by atoms with Crippen molar-refractivity contribution < 1.29 is 14.3 Å². The Bertz CT molecular complexity index is 417. The van der Waals surface area contributed by atoms with E-state index in [1.54, 1.807) is 11.4 Å². The summed E-state index contributed by atoms with van der Waals surface area (Å²) in [6.07, 6.45) is 0. The van der Waals surface area contributed by atoms with Crippen molar-refractivity contribution in [3.05, 3.63) is 19.9 Å². The number of thiophene rings is 1. The van der Waals surface area contributed by atoms with Crippen LogP contribution < -0.4 is 5.32 Å². The molecule has 0 saturated carbocycles. The first-order valence-corrected chi connectivity index (χ1v) is 7.04. The van der Waals surface area contributed by atoms with Crippen molar-refractivity contribution in [3.63, 3.8) is 0 Å². The van der Waals surface area contributed by atoms with Gasteiger partial charge in [-0.15, -0.1) is 11.3 Å². The van der Waals surface area contributed by atoms with Gasteiger partial charge in [-0.2, -0.15) is 0 Å². The normalized spacial score (nSPS) is 12.3. The van der Waals surface area contributed by atoms with Gasteiger partial charge < -0.3 is 10.1 Å². The maximum Gasteiger partial charge on any atom is 0.328 e. The van der Waals surface area contributed by atoms with Crippen molar-refractivity contribution in [2.75, 3.05) is 7.11 Å². The Kier molecular flexibility index (Phi) is 5.38. The van der Waals surface area contributed by atoms with Crippen LogP contribution in [0, 0.1) is 8.80 Å². The summed E-state index contributed by atoms with van der Waals surface area (Å²) in [5.74, 6) is -0.671. The van der Waals surface area contributed by atoms with E-state index in [2.05, 4.69) is 32.6 Å². The number of ether oxygens (including phenoxy) is 1. The number of methoxy groups -OCH3 is 1. The Balaban J connectivity index is 2.74. The molecule has 0 aliphatic rings. The van der Waals surface area contributed by atoms with E-state index >= 15 is 0 Å². The molecule has 0 radical (unpaired) electrons. The Labute approximate surface area is 118 Å². The van der Waals surface area contributed by atoms with Crippen LogP contribution in [-0.4, -0.2) is 25.0 Å². The summed E-state index contributed by atoms with van der Waals surface area (Å²) in [7, 11) is 1.32. The van der Waals surface area contributed by atoms with Crippen molar-refractivity contribution >= 4 is 45.8 Å². The van der Waals surface area contributed by atoms with Gasteiger partial charge in [-0.05, 0) is 34.6 Å². The van der Waals surface area contributed by atoms with E-state index in [0.717, 1.165) is 2.88 Å². The molecule has 1 N–H and O–H groups in total. The van der Waals surface area contributed by atoms with E-state index in [-0.39, 0.29) is 11.8 Å². The quantitative estimate of drug-likeness (QED) is 0.656. The van der Waals surface area contributed by atoms with Gasteiger partial charge in [0, 0.05) is 5.38 Å². The minimum absolute atomic E-state index is 0.0101. The van der Waals surface area contributed by atoms with E-state index < -0.39 is 12.0 Å². The maximum absolute atomic E-state index is 11.9. The molecule has 6 heteroatoms. The molecule has 1 rings (SSSR count). The SMILES string of the molecule is COC(=O)C(NC(=O)c1csc(I)c1)C(C)C. The molecule has 1 heterocycles. The standard InChI is InChI=1S/C11H14INO3S/c1-6(2)9(11(15)16-3)13-10(14)7-4-8(12)17-5-7/h4-6,9H,1-3H3,(H,13,14). The minimum atomic E-state index is -0.606. The lowest BCUT2D eigenvalue weighted by molar-refractivity contribution is -0.144. The molecule has 1 aromatic heterocycles. The minimum Gasteiger partial charge on any atom is -0.467 e. The van der Waals surface area contributed by atoms with Gasteiger partial charge in [-0.25, -0.2) is 4.79 Å². The molecule has 17 heavy (non-hydrogen) atoms. The van der Waals surface area contributed by atoms with E-state index in [4.69, 9.17) is 0 Å². The summed E-state index contributed by atoms with van der Waals surface area (Å²) in [5, 5.41) is 4.46. The molecule has 1 amide bonds. The summed E-state index contributed by atoms with van der Waals surface area (Å²) < 4.78 is 5.70. The number of halogens is 1. The van der Waals surface area contributed by atoms with E-state index in [9.17, 15) is 9.59 Å². The largest absolute Gasteiger partial charge is 0.467 e. The summed E-state index contributed by atoms with van der Waals surface area (Å²) >= 11 is 3.64. The van der Waals surface area contributed by atoms with Crippen LogP contribution in [-0.2, 0) is 9.53 Å². The van der Waals surface area contributed by atoms with E-state index in [1.165, 1.54) is 18.4 Å². The fraction of sp³-hybridized carbons (Fsp3) is 0.455.